The van der Waals surface area contributed by atoms with Crippen LogP contribution in [0.15, 0.2) is 24.3 Å². The van der Waals surface area contributed by atoms with E-state index in [2.05, 4.69) is 22.3 Å². The van der Waals surface area contributed by atoms with Crippen LogP contribution in [0.5, 0.6) is 5.75 Å². The lowest BCUT2D eigenvalue weighted by Crippen LogP contribution is -2.59. The Labute approximate surface area is 165 Å². The number of nitrogens with one attached hydrogen (secondary N) is 1. The fourth-order valence-electron chi connectivity index (χ4n) is 5.85. The van der Waals surface area contributed by atoms with Crippen LogP contribution >= 0.6 is 0 Å². The summed E-state index contributed by atoms with van der Waals surface area (Å²) in [5.74, 6) is 1.88. The molecule has 2 saturated heterocycles. The molecule has 0 atom stereocenters. The van der Waals surface area contributed by atoms with Gasteiger partial charge in [-0.05, 0) is 61.5 Å². The summed E-state index contributed by atoms with van der Waals surface area (Å²) in [5.41, 5.74) is 1.45. The van der Waals surface area contributed by atoms with E-state index in [1.807, 2.05) is 12.1 Å². The van der Waals surface area contributed by atoms with E-state index >= 15 is 0 Å². The molecule has 4 aliphatic rings. The molecule has 1 aromatic carbocycles. The number of carbonyl (C=O) groups is 2. The SMILES string of the molecule is COc1ccccc1C1CC2(CCN(C(=O)[C@H]3C[C@]4(COC(=O)N4)C3)CC2)C1. The fraction of sp³-hybridized carbons (Fsp3) is 0.636. The van der Waals surface area contributed by atoms with E-state index in [4.69, 9.17) is 9.47 Å². The van der Waals surface area contributed by atoms with Gasteiger partial charge in [0.1, 0.15) is 12.4 Å². The predicted molar refractivity (Wildman–Crippen MR) is 103 cm³/mol. The van der Waals surface area contributed by atoms with E-state index in [1.54, 1.807) is 7.11 Å². The summed E-state index contributed by atoms with van der Waals surface area (Å²) in [6, 6.07) is 8.35. The number of rotatable bonds is 3. The van der Waals surface area contributed by atoms with Crippen LogP contribution in [0.1, 0.15) is 50.0 Å². The molecule has 2 spiro atoms. The van der Waals surface area contributed by atoms with Crippen molar-refractivity contribution in [3.05, 3.63) is 29.8 Å². The molecule has 28 heavy (non-hydrogen) atoms. The van der Waals surface area contributed by atoms with Gasteiger partial charge in [-0.3, -0.25) is 4.79 Å². The van der Waals surface area contributed by atoms with Crippen LogP contribution in [0, 0.1) is 11.3 Å². The van der Waals surface area contributed by atoms with Crippen LogP contribution in [0.4, 0.5) is 4.79 Å². The topological polar surface area (TPSA) is 67.9 Å². The highest BCUT2D eigenvalue weighted by Crippen LogP contribution is 2.58. The summed E-state index contributed by atoms with van der Waals surface area (Å²) in [4.78, 5) is 26.2. The molecule has 6 heteroatoms. The summed E-state index contributed by atoms with van der Waals surface area (Å²) >= 11 is 0. The lowest BCUT2D eigenvalue weighted by molar-refractivity contribution is -0.144. The maximum Gasteiger partial charge on any atom is 0.407 e. The third kappa shape index (κ3) is 2.85. The summed E-state index contributed by atoms with van der Waals surface area (Å²) < 4.78 is 10.5. The molecular weight excluding hydrogens is 356 g/mol. The number of carbonyl (C=O) groups excluding carboxylic acids is 2. The molecule has 2 heterocycles. The third-order valence-electron chi connectivity index (χ3n) is 7.54. The first kappa shape index (κ1) is 17.8. The zero-order valence-corrected chi connectivity index (χ0v) is 16.4. The number of cyclic esters (lactones) is 1. The molecule has 1 N–H and O–H groups in total. The van der Waals surface area contributed by atoms with E-state index < -0.39 is 0 Å². The molecule has 2 saturated carbocycles. The molecular formula is C22H28N2O4. The predicted octanol–water partition coefficient (Wildman–Crippen LogP) is 3.07. The van der Waals surface area contributed by atoms with Gasteiger partial charge in [-0.25, -0.2) is 4.79 Å². The van der Waals surface area contributed by atoms with Crippen molar-refractivity contribution in [1.29, 1.82) is 0 Å². The average molecular weight is 384 g/mol. The van der Waals surface area contributed by atoms with Crippen molar-refractivity contribution < 1.29 is 19.1 Å². The van der Waals surface area contributed by atoms with E-state index in [-0.39, 0.29) is 23.5 Å². The zero-order chi connectivity index (χ0) is 19.4. The second-order valence-corrected chi connectivity index (χ2v) is 9.26. The first-order chi connectivity index (χ1) is 13.5. The van der Waals surface area contributed by atoms with Crippen LogP contribution in [-0.4, -0.2) is 49.2 Å². The van der Waals surface area contributed by atoms with Gasteiger partial charge in [0.15, 0.2) is 0 Å². The molecule has 150 valence electrons. The van der Waals surface area contributed by atoms with Crippen LogP contribution < -0.4 is 10.1 Å². The maximum atomic E-state index is 12.8. The largest absolute Gasteiger partial charge is 0.496 e. The molecule has 0 radical (unpaired) electrons. The molecule has 0 aromatic heterocycles. The Morgan fingerprint density at radius 1 is 1.18 bits per heavy atom. The molecule has 2 aliphatic heterocycles. The van der Waals surface area contributed by atoms with E-state index in [0.29, 0.717) is 17.9 Å². The summed E-state index contributed by atoms with van der Waals surface area (Å²) in [5, 5.41) is 2.87. The summed E-state index contributed by atoms with van der Waals surface area (Å²) in [6.45, 7) is 2.14. The highest BCUT2D eigenvalue weighted by Gasteiger charge is 2.54. The number of para-hydroxylation sites is 1. The van der Waals surface area contributed by atoms with Gasteiger partial charge in [-0.15, -0.1) is 0 Å². The normalized spacial score (nSPS) is 27.7. The third-order valence-corrected chi connectivity index (χ3v) is 7.54. The molecule has 0 unspecified atom stereocenters. The number of amides is 2. The van der Waals surface area contributed by atoms with Crippen LogP contribution in [0.25, 0.3) is 0 Å². The van der Waals surface area contributed by atoms with E-state index in [9.17, 15) is 9.59 Å². The highest BCUT2D eigenvalue weighted by molar-refractivity contribution is 5.81. The Hall–Kier alpha value is -2.24. The van der Waals surface area contributed by atoms with Gasteiger partial charge in [-0.2, -0.15) is 0 Å². The van der Waals surface area contributed by atoms with Crippen molar-refractivity contribution in [1.82, 2.24) is 10.2 Å². The van der Waals surface area contributed by atoms with Crippen LogP contribution in [0.2, 0.25) is 0 Å². The lowest BCUT2D eigenvalue weighted by Gasteiger charge is -2.53. The van der Waals surface area contributed by atoms with Crippen molar-refractivity contribution in [2.24, 2.45) is 11.3 Å². The Morgan fingerprint density at radius 2 is 1.89 bits per heavy atom. The van der Waals surface area contributed by atoms with E-state index in [1.165, 1.54) is 18.4 Å². The standard InChI is InChI=1S/C22H28N2O4/c1-27-18-5-3-2-4-17(18)15-10-21(11-15)6-8-24(9-7-21)19(25)16-12-22(13-16)14-28-20(26)23-22/h2-5,15-16H,6-14H2,1H3,(H,23,26)/t16-,22+. The number of alkyl carbamates (subject to hydrolysis) is 1. The second-order valence-electron chi connectivity index (χ2n) is 9.26. The van der Waals surface area contributed by atoms with Gasteiger partial charge >= 0.3 is 6.09 Å². The van der Waals surface area contributed by atoms with Crippen molar-refractivity contribution >= 4 is 12.0 Å². The Bertz CT molecular complexity index is 785. The Balaban J connectivity index is 1.13. The Morgan fingerprint density at radius 3 is 2.54 bits per heavy atom. The highest BCUT2D eigenvalue weighted by atomic mass is 16.6. The molecule has 4 fully saturated rings. The quantitative estimate of drug-likeness (QED) is 0.870. The van der Waals surface area contributed by atoms with Gasteiger partial charge in [0, 0.05) is 19.0 Å². The summed E-state index contributed by atoms with van der Waals surface area (Å²) in [7, 11) is 1.74. The van der Waals surface area contributed by atoms with Gasteiger partial charge in [0.2, 0.25) is 5.91 Å². The zero-order valence-electron chi connectivity index (χ0n) is 16.4. The van der Waals surface area contributed by atoms with Gasteiger partial charge in [0.25, 0.3) is 0 Å². The maximum absolute atomic E-state index is 12.8. The van der Waals surface area contributed by atoms with Gasteiger partial charge in [-0.1, -0.05) is 18.2 Å². The summed E-state index contributed by atoms with van der Waals surface area (Å²) in [6.07, 6.45) is 5.69. The number of hydrogen-bond donors (Lipinski definition) is 1. The van der Waals surface area contributed by atoms with Crippen molar-refractivity contribution in [2.45, 2.75) is 50.0 Å². The van der Waals surface area contributed by atoms with Gasteiger partial charge < -0.3 is 19.7 Å². The average Bonchev–Trinajstić information content (AvgIpc) is 3.07. The van der Waals surface area contributed by atoms with Crippen molar-refractivity contribution in [3.63, 3.8) is 0 Å². The molecule has 6 nitrogen and oxygen atoms in total. The minimum absolute atomic E-state index is 0.0405. The van der Waals surface area contributed by atoms with Crippen molar-refractivity contribution in [2.75, 3.05) is 26.8 Å². The number of hydrogen-bond acceptors (Lipinski definition) is 4. The van der Waals surface area contributed by atoms with Gasteiger partial charge in [0.05, 0.1) is 12.6 Å². The fourth-order valence-corrected chi connectivity index (χ4v) is 5.85. The van der Waals surface area contributed by atoms with Crippen molar-refractivity contribution in [3.8, 4) is 5.75 Å². The minimum Gasteiger partial charge on any atom is -0.496 e. The number of nitrogens with zero attached hydrogens (tertiary/aromatic N) is 1. The number of methoxy groups -OCH3 is 1. The second kappa shape index (κ2) is 6.39. The monoisotopic (exact) mass is 384 g/mol. The Kier molecular flexibility index (Phi) is 4.07. The number of benzene rings is 1. The van der Waals surface area contributed by atoms with E-state index in [0.717, 1.165) is 44.5 Å². The molecule has 5 rings (SSSR count). The minimum atomic E-state index is -0.347. The number of piperidine rings is 1. The number of likely N-dealkylation sites (tertiary alicyclic amines) is 1. The van der Waals surface area contributed by atoms with Crippen LogP contribution in [-0.2, 0) is 9.53 Å². The smallest absolute Gasteiger partial charge is 0.407 e. The molecule has 2 amide bonds. The molecule has 1 aromatic rings. The molecule has 2 aliphatic carbocycles. The lowest BCUT2D eigenvalue weighted by atomic mass is 9.56. The molecule has 0 bridgehead atoms. The first-order valence-electron chi connectivity index (χ1n) is 10.4. The number of ether oxygens (including phenoxy) is 2. The first-order valence-corrected chi connectivity index (χ1v) is 10.4. The van der Waals surface area contributed by atoms with Crippen LogP contribution in [0.3, 0.4) is 0 Å².